The Labute approximate surface area is 319 Å². The van der Waals surface area contributed by atoms with Crippen molar-refractivity contribution in [1.82, 2.24) is 4.98 Å². The first-order valence-corrected chi connectivity index (χ1v) is 20.3. The minimum Gasteiger partial charge on any atom is -0.438 e. The summed E-state index contributed by atoms with van der Waals surface area (Å²) in [7, 11) is -9.03. The fraction of sp³-hybridized carbons (Fsp3) is 0.361. The van der Waals surface area contributed by atoms with Gasteiger partial charge in [0.2, 0.25) is 13.6 Å². The van der Waals surface area contributed by atoms with Gasteiger partial charge in [0.25, 0.3) is 0 Å². The van der Waals surface area contributed by atoms with Crippen LogP contribution in [0.4, 0.5) is 24.9 Å². The summed E-state index contributed by atoms with van der Waals surface area (Å²) in [4.78, 5) is 30.5. The summed E-state index contributed by atoms with van der Waals surface area (Å²) in [5.74, 6) is -1.88. The van der Waals surface area contributed by atoms with Crippen molar-refractivity contribution in [2.45, 2.75) is 58.6 Å². The molecule has 292 valence electrons. The number of carbonyl (C=O) groups is 2. The van der Waals surface area contributed by atoms with E-state index in [1.165, 1.54) is 101 Å². The molecule has 0 N–H and O–H groups in total. The summed E-state index contributed by atoms with van der Waals surface area (Å²) in [6.45, 7) is 6.74. The highest BCUT2D eigenvalue weighted by atomic mass is 79.9. The predicted molar refractivity (Wildman–Crippen MR) is 196 cm³/mol. The third-order valence-corrected chi connectivity index (χ3v) is 11.1. The maximum atomic E-state index is 16.3. The molecular formula is C36H39BrF3N2O10PS. The topological polar surface area (TPSA) is 152 Å². The quantitative estimate of drug-likeness (QED) is 0.0675. The Balaban J connectivity index is 1.65. The highest BCUT2D eigenvalue weighted by Crippen LogP contribution is 2.67. The Morgan fingerprint density at radius 2 is 1.41 bits per heavy atom. The first kappa shape index (κ1) is 42.7. The number of halogens is 4. The lowest BCUT2D eigenvalue weighted by Crippen LogP contribution is -2.27. The van der Waals surface area contributed by atoms with Crippen LogP contribution in [0.3, 0.4) is 0 Å². The second-order valence-corrected chi connectivity index (χ2v) is 19.0. The Morgan fingerprint density at radius 3 is 1.89 bits per heavy atom. The maximum Gasteiger partial charge on any atom is 0.410 e. The Bertz CT molecular complexity index is 2100. The van der Waals surface area contributed by atoms with Crippen LogP contribution in [0.15, 0.2) is 86.7 Å². The van der Waals surface area contributed by atoms with E-state index in [0.717, 1.165) is 12.3 Å². The molecule has 0 radical (unpaired) electrons. The molecule has 0 saturated carbocycles. The first-order chi connectivity index (χ1) is 24.9. The van der Waals surface area contributed by atoms with Gasteiger partial charge in [-0.25, -0.2) is 17.8 Å². The zero-order chi connectivity index (χ0) is 40.3. The minimum absolute atomic E-state index is 0.0373. The molecule has 1 aromatic heterocycles. The second-order valence-electron chi connectivity index (χ2n) is 14.1. The van der Waals surface area contributed by atoms with Crippen molar-refractivity contribution in [1.29, 1.82) is 0 Å². The minimum atomic E-state index is -5.59. The van der Waals surface area contributed by atoms with Gasteiger partial charge < -0.3 is 13.9 Å². The van der Waals surface area contributed by atoms with Gasteiger partial charge in [0.1, 0.15) is 5.82 Å². The van der Waals surface area contributed by atoms with Crippen molar-refractivity contribution in [3.63, 3.8) is 0 Å². The molecule has 0 amide bonds. The van der Waals surface area contributed by atoms with Gasteiger partial charge in [0, 0.05) is 27.5 Å². The van der Waals surface area contributed by atoms with Crippen molar-refractivity contribution in [2.75, 3.05) is 24.7 Å². The van der Waals surface area contributed by atoms with Crippen LogP contribution in [0.1, 0.15) is 52.7 Å². The summed E-state index contributed by atoms with van der Waals surface area (Å²) in [6, 6.07) is 14.9. The number of esters is 2. The van der Waals surface area contributed by atoms with E-state index in [1.54, 1.807) is 12.1 Å². The Kier molecular flexibility index (Phi) is 13.0. The number of nitrogens with zero attached hydrogens (tertiary/aromatic N) is 2. The third kappa shape index (κ3) is 10.4. The average Bonchev–Trinajstić information content (AvgIpc) is 3.56. The van der Waals surface area contributed by atoms with Crippen LogP contribution >= 0.6 is 23.5 Å². The van der Waals surface area contributed by atoms with Gasteiger partial charge in [0.15, 0.2) is 15.6 Å². The number of hydrogen-bond donors (Lipinski definition) is 0. The number of ether oxygens (including phenoxy) is 2. The summed E-state index contributed by atoms with van der Waals surface area (Å²) in [5.41, 5.74) is -5.93. The average molecular weight is 860 g/mol. The molecule has 0 saturated heterocycles. The van der Waals surface area contributed by atoms with E-state index in [2.05, 4.69) is 20.9 Å². The van der Waals surface area contributed by atoms with Crippen LogP contribution in [0.5, 0.6) is 0 Å². The van der Waals surface area contributed by atoms with Crippen molar-refractivity contribution in [2.24, 2.45) is 10.8 Å². The lowest BCUT2D eigenvalue weighted by Gasteiger charge is -2.28. The van der Waals surface area contributed by atoms with Gasteiger partial charge >= 0.3 is 31.2 Å². The van der Waals surface area contributed by atoms with E-state index in [4.69, 9.17) is 22.9 Å². The lowest BCUT2D eigenvalue weighted by molar-refractivity contribution is -0.163. The smallest absolute Gasteiger partial charge is 0.410 e. The van der Waals surface area contributed by atoms with Crippen molar-refractivity contribution in [3.05, 3.63) is 94.3 Å². The molecule has 0 aliphatic carbocycles. The van der Waals surface area contributed by atoms with Crippen LogP contribution in [0.25, 0.3) is 11.3 Å². The van der Waals surface area contributed by atoms with Crippen LogP contribution in [-0.4, -0.2) is 45.2 Å². The van der Waals surface area contributed by atoms with Gasteiger partial charge in [-0.2, -0.15) is 8.78 Å². The van der Waals surface area contributed by atoms with Crippen LogP contribution < -0.4 is 4.90 Å². The molecule has 18 heteroatoms. The summed E-state index contributed by atoms with van der Waals surface area (Å²) in [5, 5.41) is 0. The van der Waals surface area contributed by atoms with Crippen LogP contribution in [-0.2, 0) is 54.7 Å². The van der Waals surface area contributed by atoms with Gasteiger partial charge in [-0.05, 0) is 102 Å². The van der Waals surface area contributed by atoms with Gasteiger partial charge in [-0.15, -0.1) is 0 Å². The van der Waals surface area contributed by atoms with Gasteiger partial charge in [-0.1, -0.05) is 28.1 Å². The molecular weight excluding hydrogens is 820 g/mol. The fourth-order valence-corrected chi connectivity index (χ4v) is 7.17. The molecule has 0 aliphatic rings. The molecule has 0 atom stereocenters. The SMILES string of the molecule is CC(C)(C)C(=O)OCOP(=O)(OCOC(=O)C(C)(C)C)C(F)(F)c1ccc(CN(c2ccc(F)cc2)c2ncc(-c3ccc(S(C)(=O)=O)cc3)o2)cc1Br. The number of oxazole rings is 1. The summed E-state index contributed by atoms with van der Waals surface area (Å²) in [6.07, 6.45) is 2.50. The molecule has 0 spiro atoms. The van der Waals surface area contributed by atoms with E-state index < -0.39 is 70.8 Å². The van der Waals surface area contributed by atoms with Crippen LogP contribution in [0, 0.1) is 16.6 Å². The van der Waals surface area contributed by atoms with Gasteiger partial charge in [0.05, 0.1) is 28.5 Å². The largest absolute Gasteiger partial charge is 0.438 e. The Hall–Kier alpha value is -4.02. The van der Waals surface area contributed by atoms with E-state index in [0.29, 0.717) is 16.8 Å². The number of rotatable bonds is 14. The van der Waals surface area contributed by atoms with Crippen molar-refractivity contribution in [3.8, 4) is 11.3 Å². The number of alkyl halides is 2. The van der Waals surface area contributed by atoms with E-state index in [-0.39, 0.29) is 27.7 Å². The lowest BCUT2D eigenvalue weighted by atomic mass is 9.98. The standard InChI is InChI=1S/C36H39BrF3N2O10PS/c1-34(2,3)31(43)48-21-50-53(45,51-22-49-32(44)35(4,5)6)36(39,40)28-17-8-23(18-29(28)37)20-42(26-13-11-25(38)12-14-26)33-41-19-30(52-33)24-9-15-27(16-10-24)54(7,46)47/h8-19H,20-22H2,1-7H3. The monoisotopic (exact) mass is 858 g/mol. The number of benzene rings is 3. The van der Waals surface area contributed by atoms with Crippen molar-refractivity contribution >= 4 is 57.0 Å². The molecule has 0 unspecified atom stereocenters. The number of anilines is 2. The highest BCUT2D eigenvalue weighted by Gasteiger charge is 2.57. The van der Waals surface area contributed by atoms with Crippen molar-refractivity contribution < 1.29 is 58.7 Å². The number of carbonyl (C=O) groups excluding carboxylic acids is 2. The normalized spacial score (nSPS) is 12.7. The molecule has 0 bridgehead atoms. The number of hydrogen-bond acceptors (Lipinski definition) is 12. The highest BCUT2D eigenvalue weighted by molar-refractivity contribution is 9.10. The zero-order valence-corrected chi connectivity index (χ0v) is 33.7. The zero-order valence-electron chi connectivity index (χ0n) is 30.4. The number of sulfone groups is 1. The molecule has 12 nitrogen and oxygen atoms in total. The van der Waals surface area contributed by atoms with E-state index >= 15 is 8.78 Å². The van der Waals surface area contributed by atoms with Gasteiger partial charge in [-0.3, -0.25) is 28.1 Å². The molecule has 54 heavy (non-hydrogen) atoms. The third-order valence-electron chi connectivity index (χ3n) is 7.52. The van der Waals surface area contributed by atoms with E-state index in [1.807, 2.05) is 0 Å². The molecule has 1 heterocycles. The molecule has 0 fully saturated rings. The molecule has 3 aromatic carbocycles. The maximum absolute atomic E-state index is 16.3. The van der Waals surface area contributed by atoms with Crippen LogP contribution in [0.2, 0.25) is 0 Å². The second kappa shape index (κ2) is 16.4. The predicted octanol–water partition coefficient (Wildman–Crippen LogP) is 9.35. The first-order valence-electron chi connectivity index (χ1n) is 16.1. The molecule has 0 aliphatic heterocycles. The van der Waals surface area contributed by atoms with E-state index in [9.17, 15) is 27.0 Å². The molecule has 4 aromatic rings. The summed E-state index contributed by atoms with van der Waals surface area (Å²) >= 11 is 3.14. The number of aromatic nitrogens is 1. The summed E-state index contributed by atoms with van der Waals surface area (Å²) < 4.78 is 110. The Morgan fingerprint density at radius 1 is 0.870 bits per heavy atom. The molecule has 4 rings (SSSR count). The fourth-order valence-electron chi connectivity index (χ4n) is 4.44.